The maximum Gasteiger partial charge on any atom is 0.338 e. The fraction of sp³-hybridized carbons (Fsp3) is 0.231. The van der Waals surface area contributed by atoms with Crippen LogP contribution in [-0.2, 0) is 23.7 Å². The third-order valence-corrected chi connectivity index (χ3v) is 3.10. The van der Waals surface area contributed by atoms with E-state index in [1.54, 1.807) is 28.9 Å². The quantitative estimate of drug-likeness (QED) is 0.644. The summed E-state index contributed by atoms with van der Waals surface area (Å²) in [6, 6.07) is 10.8. The Bertz CT molecular complexity index is 537. The van der Waals surface area contributed by atoms with E-state index >= 15 is 0 Å². The van der Waals surface area contributed by atoms with E-state index in [4.69, 9.17) is 4.74 Å². The zero-order chi connectivity index (χ0) is 13.0. The number of aromatic nitrogens is 2. The van der Waals surface area contributed by atoms with E-state index in [0.29, 0.717) is 5.56 Å². The van der Waals surface area contributed by atoms with E-state index in [1.807, 2.05) is 19.2 Å². The van der Waals surface area contributed by atoms with Gasteiger partial charge in [0.2, 0.25) is 0 Å². The Balaban J connectivity index is 1.97. The third kappa shape index (κ3) is 2.98. The molecule has 0 fully saturated rings. The number of halogens is 1. The molecule has 0 unspecified atom stereocenters. The largest absolute Gasteiger partial charge is 0.456 e. The number of aryl methyl sites for hydroxylation is 1. The van der Waals surface area contributed by atoms with Gasteiger partial charge in [0.05, 0.1) is 5.56 Å². The SMILES string of the molecule is Cn1nc(COC(=O)c2ccccc2)cc1CBr. The summed E-state index contributed by atoms with van der Waals surface area (Å²) in [5, 5.41) is 4.98. The van der Waals surface area contributed by atoms with E-state index in [0.717, 1.165) is 16.7 Å². The van der Waals surface area contributed by atoms with Crippen molar-refractivity contribution >= 4 is 21.9 Å². The molecule has 0 amide bonds. The van der Waals surface area contributed by atoms with E-state index in [-0.39, 0.29) is 12.6 Å². The van der Waals surface area contributed by atoms with Crippen molar-refractivity contribution in [2.24, 2.45) is 7.05 Å². The minimum atomic E-state index is -0.332. The van der Waals surface area contributed by atoms with Gasteiger partial charge < -0.3 is 4.74 Å². The average molecular weight is 309 g/mol. The lowest BCUT2D eigenvalue weighted by atomic mass is 10.2. The Kier molecular flexibility index (Phi) is 4.15. The third-order valence-electron chi connectivity index (χ3n) is 2.52. The molecule has 5 heteroatoms. The first-order valence-electron chi connectivity index (χ1n) is 5.50. The summed E-state index contributed by atoms with van der Waals surface area (Å²) >= 11 is 3.37. The van der Waals surface area contributed by atoms with Crippen LogP contribution in [-0.4, -0.2) is 15.7 Å². The first kappa shape index (κ1) is 12.8. The fourth-order valence-corrected chi connectivity index (χ4v) is 2.09. The second-order valence-electron chi connectivity index (χ2n) is 3.83. The molecule has 0 bridgehead atoms. The van der Waals surface area contributed by atoms with Crippen LogP contribution in [0, 0.1) is 0 Å². The van der Waals surface area contributed by atoms with Gasteiger partial charge >= 0.3 is 5.97 Å². The summed E-state index contributed by atoms with van der Waals surface area (Å²) in [4.78, 5) is 11.7. The molecule has 2 rings (SSSR count). The molecule has 4 nitrogen and oxygen atoms in total. The van der Waals surface area contributed by atoms with Crippen molar-refractivity contribution in [2.75, 3.05) is 0 Å². The molecule has 18 heavy (non-hydrogen) atoms. The van der Waals surface area contributed by atoms with Crippen molar-refractivity contribution < 1.29 is 9.53 Å². The lowest BCUT2D eigenvalue weighted by Crippen LogP contribution is -2.05. The molecule has 0 aliphatic rings. The minimum absolute atomic E-state index is 0.189. The van der Waals surface area contributed by atoms with Crippen molar-refractivity contribution in [1.29, 1.82) is 0 Å². The van der Waals surface area contributed by atoms with Crippen LogP contribution >= 0.6 is 15.9 Å². The first-order valence-corrected chi connectivity index (χ1v) is 6.63. The lowest BCUT2D eigenvalue weighted by molar-refractivity contribution is 0.0467. The molecule has 1 heterocycles. The number of carbonyl (C=O) groups is 1. The second kappa shape index (κ2) is 5.82. The second-order valence-corrected chi connectivity index (χ2v) is 4.39. The van der Waals surface area contributed by atoms with Crippen molar-refractivity contribution in [3.05, 3.63) is 53.3 Å². The predicted molar refractivity (Wildman–Crippen MR) is 71.4 cm³/mol. The van der Waals surface area contributed by atoms with Crippen LogP contribution in [0.15, 0.2) is 36.4 Å². The zero-order valence-corrected chi connectivity index (χ0v) is 11.6. The average Bonchev–Trinajstić information content (AvgIpc) is 2.77. The number of hydrogen-bond donors (Lipinski definition) is 0. The van der Waals surface area contributed by atoms with Crippen molar-refractivity contribution in [1.82, 2.24) is 9.78 Å². The first-order chi connectivity index (χ1) is 8.70. The van der Waals surface area contributed by atoms with Gasteiger partial charge in [-0.15, -0.1) is 0 Å². The number of benzene rings is 1. The molecule has 0 spiro atoms. The van der Waals surface area contributed by atoms with Gasteiger partial charge in [-0.1, -0.05) is 34.1 Å². The molecule has 2 aromatic rings. The van der Waals surface area contributed by atoms with Gasteiger partial charge in [-0.3, -0.25) is 4.68 Å². The molecule has 1 aromatic heterocycles. The fourth-order valence-electron chi connectivity index (χ4n) is 1.56. The van der Waals surface area contributed by atoms with Crippen LogP contribution in [0.4, 0.5) is 0 Å². The summed E-state index contributed by atoms with van der Waals surface area (Å²) in [6.07, 6.45) is 0. The van der Waals surface area contributed by atoms with E-state index < -0.39 is 0 Å². The summed E-state index contributed by atoms with van der Waals surface area (Å²) in [6.45, 7) is 0.189. The van der Waals surface area contributed by atoms with Crippen molar-refractivity contribution in [3.8, 4) is 0 Å². The van der Waals surface area contributed by atoms with Crippen LogP contribution in [0.5, 0.6) is 0 Å². The smallest absolute Gasteiger partial charge is 0.338 e. The Labute approximate surface area is 114 Å². The van der Waals surface area contributed by atoms with E-state index in [1.165, 1.54) is 0 Å². The molecule has 0 aliphatic heterocycles. The molecular weight excluding hydrogens is 296 g/mol. The number of ether oxygens (including phenoxy) is 1. The predicted octanol–water partition coefficient (Wildman–Crippen LogP) is 2.67. The van der Waals surface area contributed by atoms with Crippen LogP contribution < -0.4 is 0 Å². The van der Waals surface area contributed by atoms with E-state index in [9.17, 15) is 4.79 Å². The van der Waals surface area contributed by atoms with Crippen LogP contribution in [0.2, 0.25) is 0 Å². The van der Waals surface area contributed by atoms with Crippen molar-refractivity contribution in [2.45, 2.75) is 11.9 Å². The van der Waals surface area contributed by atoms with Crippen LogP contribution in [0.25, 0.3) is 0 Å². The minimum Gasteiger partial charge on any atom is -0.456 e. The van der Waals surface area contributed by atoms with Gasteiger partial charge in [0, 0.05) is 18.1 Å². The van der Waals surface area contributed by atoms with Gasteiger partial charge in [0.25, 0.3) is 0 Å². The standard InChI is InChI=1S/C13H13BrN2O2/c1-16-12(8-14)7-11(15-16)9-18-13(17)10-5-3-2-4-6-10/h2-7H,8-9H2,1H3. The van der Waals surface area contributed by atoms with Gasteiger partial charge in [-0.2, -0.15) is 5.10 Å². The van der Waals surface area contributed by atoms with Gasteiger partial charge in [0.15, 0.2) is 0 Å². The monoisotopic (exact) mass is 308 g/mol. The van der Waals surface area contributed by atoms with Crippen LogP contribution in [0.1, 0.15) is 21.7 Å². The molecule has 0 radical (unpaired) electrons. The molecular formula is C13H13BrN2O2. The Morgan fingerprint density at radius 1 is 1.39 bits per heavy atom. The molecule has 0 N–H and O–H groups in total. The number of hydrogen-bond acceptors (Lipinski definition) is 3. The summed E-state index contributed by atoms with van der Waals surface area (Å²) in [5.41, 5.74) is 2.34. The number of alkyl halides is 1. The Morgan fingerprint density at radius 2 is 2.11 bits per heavy atom. The van der Waals surface area contributed by atoms with Gasteiger partial charge in [-0.25, -0.2) is 4.79 Å². The van der Waals surface area contributed by atoms with Crippen LogP contribution in [0.3, 0.4) is 0 Å². The number of nitrogens with zero attached hydrogens (tertiary/aromatic N) is 2. The van der Waals surface area contributed by atoms with Gasteiger partial charge in [-0.05, 0) is 18.2 Å². The highest BCUT2D eigenvalue weighted by Crippen LogP contribution is 2.09. The highest BCUT2D eigenvalue weighted by Gasteiger charge is 2.09. The number of esters is 1. The molecule has 0 saturated carbocycles. The lowest BCUT2D eigenvalue weighted by Gasteiger charge is -2.02. The topological polar surface area (TPSA) is 44.1 Å². The maximum absolute atomic E-state index is 11.7. The highest BCUT2D eigenvalue weighted by molar-refractivity contribution is 9.08. The summed E-state index contributed by atoms with van der Waals surface area (Å²) < 4.78 is 6.96. The molecule has 0 atom stereocenters. The number of carbonyl (C=O) groups excluding carboxylic acids is 1. The molecule has 1 aromatic carbocycles. The summed E-state index contributed by atoms with van der Waals surface area (Å²) in [5.74, 6) is -0.332. The maximum atomic E-state index is 11.7. The molecule has 0 aliphatic carbocycles. The normalized spacial score (nSPS) is 10.3. The summed E-state index contributed by atoms with van der Waals surface area (Å²) in [7, 11) is 1.86. The molecule has 0 saturated heterocycles. The highest BCUT2D eigenvalue weighted by atomic mass is 79.9. The Hall–Kier alpha value is -1.62. The molecule has 94 valence electrons. The zero-order valence-electron chi connectivity index (χ0n) is 9.97. The van der Waals surface area contributed by atoms with E-state index in [2.05, 4.69) is 21.0 Å². The van der Waals surface area contributed by atoms with Gasteiger partial charge in [0.1, 0.15) is 12.3 Å². The van der Waals surface area contributed by atoms with Crippen molar-refractivity contribution in [3.63, 3.8) is 0 Å². The Morgan fingerprint density at radius 3 is 2.72 bits per heavy atom. The number of rotatable bonds is 4.